The van der Waals surface area contributed by atoms with Crippen molar-refractivity contribution in [1.82, 2.24) is 9.78 Å². The Morgan fingerprint density at radius 1 is 1.00 bits per heavy atom. The van der Waals surface area contributed by atoms with Crippen LogP contribution in [0.4, 0.5) is 17.1 Å². The highest BCUT2D eigenvalue weighted by Crippen LogP contribution is 2.30. The van der Waals surface area contributed by atoms with Gasteiger partial charge in [-0.2, -0.15) is 5.11 Å². The van der Waals surface area contributed by atoms with Crippen molar-refractivity contribution in [2.75, 3.05) is 0 Å². The molecule has 3 aromatic carbocycles. The SMILES string of the molecule is Cc1ccc(N=Nc2c(-c3ccc([N+](=O)[O-])cc3)[nH]n(-c3ccccc3)c2=O)cc1Br. The summed E-state index contributed by atoms with van der Waals surface area (Å²) in [5, 5.41) is 22.5. The zero-order chi connectivity index (χ0) is 22.0. The molecule has 0 radical (unpaired) electrons. The Labute approximate surface area is 185 Å². The number of para-hydroxylation sites is 1. The van der Waals surface area contributed by atoms with Gasteiger partial charge in [-0.15, -0.1) is 5.11 Å². The molecule has 8 nitrogen and oxygen atoms in total. The van der Waals surface area contributed by atoms with E-state index >= 15 is 0 Å². The van der Waals surface area contributed by atoms with Crippen LogP contribution in [0.1, 0.15) is 5.56 Å². The van der Waals surface area contributed by atoms with Crippen LogP contribution >= 0.6 is 15.9 Å². The average Bonchev–Trinajstić information content (AvgIpc) is 3.11. The first-order chi connectivity index (χ1) is 14.9. The summed E-state index contributed by atoms with van der Waals surface area (Å²) in [7, 11) is 0. The van der Waals surface area contributed by atoms with Crippen LogP contribution in [0.2, 0.25) is 0 Å². The van der Waals surface area contributed by atoms with Gasteiger partial charge in [0.25, 0.3) is 11.2 Å². The van der Waals surface area contributed by atoms with Gasteiger partial charge >= 0.3 is 0 Å². The third-order valence-electron chi connectivity index (χ3n) is 4.67. The Hall–Kier alpha value is -3.85. The first kappa shape index (κ1) is 20.4. The molecule has 0 aliphatic carbocycles. The molecule has 0 bridgehead atoms. The van der Waals surface area contributed by atoms with Gasteiger partial charge in [-0.3, -0.25) is 20.0 Å². The standard InChI is InChI=1S/C22H16BrN5O3/c1-14-7-10-16(13-19(14)23)24-25-21-20(15-8-11-18(12-9-15)28(30)31)26-27(22(21)29)17-5-3-2-4-6-17/h2-13,26H,1H3. The van der Waals surface area contributed by atoms with Crippen molar-refractivity contribution in [2.24, 2.45) is 10.2 Å². The minimum atomic E-state index is -0.475. The molecule has 1 N–H and O–H groups in total. The summed E-state index contributed by atoms with van der Waals surface area (Å²) in [4.78, 5) is 23.6. The first-order valence-electron chi connectivity index (χ1n) is 9.27. The Balaban J connectivity index is 1.84. The molecule has 9 heteroatoms. The maximum absolute atomic E-state index is 13.1. The zero-order valence-corrected chi connectivity index (χ0v) is 17.9. The van der Waals surface area contributed by atoms with Crippen molar-refractivity contribution >= 4 is 33.0 Å². The van der Waals surface area contributed by atoms with E-state index < -0.39 is 4.92 Å². The summed E-state index contributed by atoms with van der Waals surface area (Å²) in [6, 6.07) is 20.5. The van der Waals surface area contributed by atoms with Gasteiger partial charge in [-0.05, 0) is 48.9 Å². The van der Waals surface area contributed by atoms with Gasteiger partial charge < -0.3 is 0 Å². The van der Waals surface area contributed by atoms with Crippen LogP contribution in [0.3, 0.4) is 0 Å². The number of benzene rings is 3. The van der Waals surface area contributed by atoms with Crippen molar-refractivity contribution in [2.45, 2.75) is 6.92 Å². The molecule has 0 spiro atoms. The molecular formula is C22H16BrN5O3. The fourth-order valence-electron chi connectivity index (χ4n) is 2.98. The van der Waals surface area contributed by atoms with E-state index in [0.29, 0.717) is 22.6 Å². The van der Waals surface area contributed by atoms with Crippen molar-refractivity contribution in [3.05, 3.63) is 103 Å². The van der Waals surface area contributed by atoms with E-state index in [9.17, 15) is 14.9 Å². The molecule has 0 saturated heterocycles. The van der Waals surface area contributed by atoms with Gasteiger partial charge in [0.2, 0.25) is 0 Å². The average molecular weight is 478 g/mol. The quantitative estimate of drug-likeness (QED) is 0.209. The fourth-order valence-corrected chi connectivity index (χ4v) is 3.35. The molecule has 154 valence electrons. The van der Waals surface area contributed by atoms with E-state index in [4.69, 9.17) is 0 Å². The molecular weight excluding hydrogens is 462 g/mol. The van der Waals surface area contributed by atoms with Crippen molar-refractivity contribution in [3.8, 4) is 16.9 Å². The summed E-state index contributed by atoms with van der Waals surface area (Å²) in [6.45, 7) is 1.96. The first-order valence-corrected chi connectivity index (χ1v) is 10.1. The maximum atomic E-state index is 13.1. The van der Waals surface area contributed by atoms with Gasteiger partial charge in [0, 0.05) is 22.2 Å². The molecule has 0 unspecified atom stereocenters. The van der Waals surface area contributed by atoms with Gasteiger partial charge in [-0.25, -0.2) is 4.68 Å². The summed E-state index contributed by atoms with van der Waals surface area (Å²) in [5.41, 5.74) is 2.95. The Bertz CT molecular complexity index is 1340. The van der Waals surface area contributed by atoms with Gasteiger partial charge in [0.1, 0.15) is 0 Å². The summed E-state index contributed by atoms with van der Waals surface area (Å²) < 4.78 is 2.26. The van der Waals surface area contributed by atoms with Crippen LogP contribution in [-0.4, -0.2) is 14.7 Å². The lowest BCUT2D eigenvalue weighted by molar-refractivity contribution is -0.384. The molecule has 1 aromatic heterocycles. The topological polar surface area (TPSA) is 106 Å². The third kappa shape index (κ3) is 4.22. The largest absolute Gasteiger partial charge is 0.299 e. The molecule has 0 atom stereocenters. The molecule has 4 aromatic rings. The molecule has 0 saturated carbocycles. The fraction of sp³-hybridized carbons (Fsp3) is 0.0455. The van der Waals surface area contributed by atoms with Crippen LogP contribution in [0.5, 0.6) is 0 Å². The molecule has 1 heterocycles. The van der Waals surface area contributed by atoms with Gasteiger partial charge in [0.15, 0.2) is 5.69 Å². The van der Waals surface area contributed by atoms with Crippen molar-refractivity contribution in [3.63, 3.8) is 0 Å². The highest BCUT2D eigenvalue weighted by atomic mass is 79.9. The number of non-ortho nitro benzene ring substituents is 1. The van der Waals surface area contributed by atoms with E-state index in [0.717, 1.165) is 10.0 Å². The Morgan fingerprint density at radius 3 is 2.35 bits per heavy atom. The van der Waals surface area contributed by atoms with E-state index in [1.807, 2.05) is 37.3 Å². The van der Waals surface area contributed by atoms with E-state index in [-0.39, 0.29) is 16.9 Å². The second kappa shape index (κ2) is 8.49. The highest BCUT2D eigenvalue weighted by molar-refractivity contribution is 9.10. The number of hydrogen-bond donors (Lipinski definition) is 1. The number of rotatable bonds is 5. The number of aromatic amines is 1. The number of hydrogen-bond acceptors (Lipinski definition) is 5. The maximum Gasteiger partial charge on any atom is 0.299 e. The third-order valence-corrected chi connectivity index (χ3v) is 5.52. The number of nitrogens with one attached hydrogen (secondary N) is 1. The number of aromatic nitrogens is 2. The minimum Gasteiger partial charge on any atom is -0.288 e. The lowest BCUT2D eigenvalue weighted by atomic mass is 10.1. The van der Waals surface area contributed by atoms with Crippen LogP contribution in [-0.2, 0) is 0 Å². The Morgan fingerprint density at radius 2 is 1.71 bits per heavy atom. The number of aryl methyl sites for hydroxylation is 1. The summed E-state index contributed by atoms with van der Waals surface area (Å²) in [6.07, 6.45) is 0. The Kier molecular flexibility index (Phi) is 5.59. The molecule has 0 amide bonds. The second-order valence-corrected chi connectivity index (χ2v) is 7.60. The zero-order valence-electron chi connectivity index (χ0n) is 16.3. The normalized spacial score (nSPS) is 11.2. The highest BCUT2D eigenvalue weighted by Gasteiger charge is 2.18. The van der Waals surface area contributed by atoms with Crippen LogP contribution in [0, 0.1) is 17.0 Å². The number of H-pyrrole nitrogens is 1. The van der Waals surface area contributed by atoms with Gasteiger partial charge in [0.05, 0.1) is 22.0 Å². The summed E-state index contributed by atoms with van der Waals surface area (Å²) in [5.74, 6) is 0. The molecule has 4 rings (SSSR count). The summed E-state index contributed by atoms with van der Waals surface area (Å²) >= 11 is 3.46. The number of nitro groups is 1. The number of azo groups is 1. The predicted octanol–water partition coefficient (Wildman–Crippen LogP) is 6.23. The molecule has 0 aliphatic rings. The molecule has 31 heavy (non-hydrogen) atoms. The predicted molar refractivity (Wildman–Crippen MR) is 122 cm³/mol. The van der Waals surface area contributed by atoms with Crippen LogP contribution in [0.15, 0.2) is 92.3 Å². The smallest absolute Gasteiger partial charge is 0.288 e. The minimum absolute atomic E-state index is 0.0405. The van der Waals surface area contributed by atoms with Gasteiger partial charge in [-0.1, -0.05) is 40.2 Å². The van der Waals surface area contributed by atoms with Crippen LogP contribution in [0.25, 0.3) is 16.9 Å². The number of nitro benzene ring substituents is 1. The van der Waals surface area contributed by atoms with Crippen LogP contribution < -0.4 is 5.56 Å². The molecule has 0 aliphatic heterocycles. The second-order valence-electron chi connectivity index (χ2n) is 6.75. The van der Waals surface area contributed by atoms with E-state index in [1.54, 1.807) is 30.3 Å². The number of halogens is 1. The lowest BCUT2D eigenvalue weighted by Gasteiger charge is -2.01. The van der Waals surface area contributed by atoms with E-state index in [1.165, 1.54) is 16.8 Å². The molecule has 0 fully saturated rings. The van der Waals surface area contributed by atoms with E-state index in [2.05, 4.69) is 31.3 Å². The van der Waals surface area contributed by atoms with Crippen molar-refractivity contribution in [1.29, 1.82) is 0 Å². The number of nitrogens with zero attached hydrogens (tertiary/aromatic N) is 4. The monoisotopic (exact) mass is 477 g/mol. The lowest BCUT2D eigenvalue weighted by Crippen LogP contribution is -2.13. The van der Waals surface area contributed by atoms with Crippen molar-refractivity contribution < 1.29 is 4.92 Å².